The molecule has 14 heavy (non-hydrogen) atoms. The van der Waals surface area contributed by atoms with Gasteiger partial charge in [-0.1, -0.05) is 48.6 Å². The molecule has 68 valence electrons. The summed E-state index contributed by atoms with van der Waals surface area (Å²) in [7, 11) is 0. The Kier molecular flexibility index (Phi) is 1.11. The van der Waals surface area contributed by atoms with Crippen molar-refractivity contribution in [3.05, 3.63) is 59.7 Å². The molecule has 0 heterocycles. The van der Waals surface area contributed by atoms with E-state index in [-0.39, 0.29) is 0 Å². The van der Waals surface area contributed by atoms with E-state index in [2.05, 4.69) is 48.6 Å². The first-order chi connectivity index (χ1) is 6.95. The molecule has 0 spiro atoms. The van der Waals surface area contributed by atoms with Crippen LogP contribution >= 0.6 is 0 Å². The van der Waals surface area contributed by atoms with Crippen LogP contribution in [0.5, 0.6) is 0 Å². The monoisotopic (exact) mass is 180 g/mol. The summed E-state index contributed by atoms with van der Waals surface area (Å²) in [6.07, 6.45) is 9.61. The van der Waals surface area contributed by atoms with Crippen molar-refractivity contribution in [1.29, 1.82) is 0 Å². The molecular formula is C14H12. The second-order valence-electron chi connectivity index (χ2n) is 4.60. The zero-order valence-corrected chi connectivity index (χ0v) is 7.93. The van der Waals surface area contributed by atoms with Gasteiger partial charge in [0.15, 0.2) is 0 Å². The Labute approximate surface area is 84.0 Å². The molecule has 0 nitrogen and oxygen atoms in total. The second kappa shape index (κ2) is 2.20. The molecule has 1 aromatic carbocycles. The highest BCUT2D eigenvalue weighted by Crippen LogP contribution is 2.56. The molecule has 0 aliphatic heterocycles. The predicted molar refractivity (Wildman–Crippen MR) is 57.2 cm³/mol. The Hall–Kier alpha value is -1.30. The van der Waals surface area contributed by atoms with Gasteiger partial charge < -0.3 is 0 Å². The first-order valence-corrected chi connectivity index (χ1v) is 5.40. The van der Waals surface area contributed by atoms with Gasteiger partial charge in [-0.3, -0.25) is 0 Å². The molecule has 4 aliphatic rings. The quantitative estimate of drug-likeness (QED) is 0.538. The van der Waals surface area contributed by atoms with Crippen molar-refractivity contribution in [2.45, 2.75) is 11.8 Å². The average molecular weight is 180 g/mol. The van der Waals surface area contributed by atoms with Crippen molar-refractivity contribution >= 4 is 0 Å². The second-order valence-corrected chi connectivity index (χ2v) is 4.60. The van der Waals surface area contributed by atoms with E-state index in [4.69, 9.17) is 0 Å². The third-order valence-corrected chi connectivity index (χ3v) is 4.07. The molecule has 0 heteroatoms. The highest BCUT2D eigenvalue weighted by Gasteiger charge is 2.44. The summed E-state index contributed by atoms with van der Waals surface area (Å²) in [4.78, 5) is 0. The third kappa shape index (κ3) is 0.639. The molecule has 0 fully saturated rings. The molecule has 0 aromatic heterocycles. The van der Waals surface area contributed by atoms with Crippen LogP contribution in [0.1, 0.15) is 23.0 Å². The Morgan fingerprint density at radius 2 is 1.14 bits per heavy atom. The summed E-state index contributed by atoms with van der Waals surface area (Å²) in [6, 6.07) is 8.95. The van der Waals surface area contributed by atoms with E-state index in [1.807, 2.05) is 0 Å². The minimum absolute atomic E-state index is 0.672. The van der Waals surface area contributed by atoms with Crippen molar-refractivity contribution < 1.29 is 0 Å². The van der Waals surface area contributed by atoms with E-state index in [1.165, 1.54) is 0 Å². The van der Waals surface area contributed by atoms with Crippen LogP contribution in [0.3, 0.4) is 0 Å². The molecule has 0 amide bonds. The van der Waals surface area contributed by atoms with E-state index < -0.39 is 0 Å². The van der Waals surface area contributed by atoms with Gasteiger partial charge in [0.25, 0.3) is 0 Å². The van der Waals surface area contributed by atoms with Gasteiger partial charge in [0.1, 0.15) is 0 Å². The van der Waals surface area contributed by atoms with Gasteiger partial charge in [-0.25, -0.2) is 0 Å². The van der Waals surface area contributed by atoms with Crippen LogP contribution in [-0.4, -0.2) is 0 Å². The fourth-order valence-corrected chi connectivity index (χ4v) is 3.32. The van der Waals surface area contributed by atoms with E-state index in [9.17, 15) is 0 Å². The van der Waals surface area contributed by atoms with Crippen molar-refractivity contribution in [2.75, 3.05) is 0 Å². The maximum atomic E-state index is 2.41. The molecule has 0 saturated carbocycles. The first kappa shape index (κ1) is 7.05. The van der Waals surface area contributed by atoms with Crippen molar-refractivity contribution in [3.8, 4) is 0 Å². The van der Waals surface area contributed by atoms with Crippen molar-refractivity contribution in [3.63, 3.8) is 0 Å². The molecular weight excluding hydrogens is 168 g/mol. The molecule has 2 bridgehead atoms. The average Bonchev–Trinajstić information content (AvgIpc) is 2.19. The first-order valence-electron chi connectivity index (χ1n) is 5.40. The SMILES string of the molecule is C1=C[C@H]2[C@@H]1[C@H]1C=C[C@@H]2c2ccccc21. The zero-order valence-electron chi connectivity index (χ0n) is 7.93. The number of hydrogen-bond acceptors (Lipinski definition) is 0. The fourth-order valence-electron chi connectivity index (χ4n) is 3.32. The summed E-state index contributed by atoms with van der Waals surface area (Å²) in [5.41, 5.74) is 3.15. The fraction of sp³-hybridized carbons (Fsp3) is 0.286. The van der Waals surface area contributed by atoms with Gasteiger partial charge in [0.2, 0.25) is 0 Å². The lowest BCUT2D eigenvalue weighted by molar-refractivity contribution is 0.317. The van der Waals surface area contributed by atoms with Gasteiger partial charge in [-0.2, -0.15) is 0 Å². The van der Waals surface area contributed by atoms with Crippen LogP contribution in [0.4, 0.5) is 0 Å². The standard InChI is InChI=1S/C14H12/c1-2-4-10-9(3-1)11-5-6-12(10)14-8-7-13(11)14/h1-8,11-14H/t11-,12+,13-,14+. The lowest BCUT2D eigenvalue weighted by atomic mass is 9.55. The van der Waals surface area contributed by atoms with Gasteiger partial charge in [-0.05, 0) is 23.0 Å². The number of benzene rings is 1. The van der Waals surface area contributed by atoms with E-state index in [0.29, 0.717) is 11.8 Å². The van der Waals surface area contributed by atoms with Gasteiger partial charge >= 0.3 is 0 Å². The largest absolute Gasteiger partial charge is 0.0835 e. The molecule has 0 radical (unpaired) electrons. The van der Waals surface area contributed by atoms with E-state index in [1.54, 1.807) is 11.1 Å². The highest BCUT2D eigenvalue weighted by atomic mass is 14.5. The topological polar surface area (TPSA) is 0 Å². The molecule has 0 unspecified atom stereocenters. The van der Waals surface area contributed by atoms with Crippen molar-refractivity contribution in [1.82, 2.24) is 0 Å². The lowest BCUT2D eigenvalue weighted by Crippen LogP contribution is -2.37. The molecule has 0 saturated heterocycles. The van der Waals surface area contributed by atoms with Gasteiger partial charge in [0, 0.05) is 11.8 Å². The summed E-state index contributed by atoms with van der Waals surface area (Å²) >= 11 is 0. The molecule has 4 atom stereocenters. The summed E-state index contributed by atoms with van der Waals surface area (Å²) in [5, 5.41) is 0. The smallest absolute Gasteiger partial charge is 0.00899 e. The highest BCUT2D eigenvalue weighted by molar-refractivity contribution is 5.50. The summed E-state index contributed by atoms with van der Waals surface area (Å²) in [5.74, 6) is 2.96. The van der Waals surface area contributed by atoms with Gasteiger partial charge in [-0.15, -0.1) is 0 Å². The number of allylic oxidation sites excluding steroid dienone is 4. The maximum Gasteiger partial charge on any atom is 0.00899 e. The summed E-state index contributed by atoms with van der Waals surface area (Å²) < 4.78 is 0. The Morgan fingerprint density at radius 1 is 0.643 bits per heavy atom. The van der Waals surface area contributed by atoms with Crippen molar-refractivity contribution in [2.24, 2.45) is 11.8 Å². The molecule has 1 aromatic rings. The Bertz CT molecular complexity index is 412. The maximum absolute atomic E-state index is 2.41. The normalized spacial score (nSPS) is 40.3. The van der Waals surface area contributed by atoms with Crippen LogP contribution in [-0.2, 0) is 0 Å². The van der Waals surface area contributed by atoms with Crippen LogP contribution in [0.2, 0.25) is 0 Å². The molecule has 5 rings (SSSR count). The van der Waals surface area contributed by atoms with Crippen LogP contribution < -0.4 is 0 Å². The van der Waals surface area contributed by atoms with Crippen LogP contribution in [0.15, 0.2) is 48.6 Å². The van der Waals surface area contributed by atoms with Crippen LogP contribution in [0.25, 0.3) is 0 Å². The predicted octanol–water partition coefficient (Wildman–Crippen LogP) is 3.24. The van der Waals surface area contributed by atoms with E-state index >= 15 is 0 Å². The molecule has 0 N–H and O–H groups in total. The Morgan fingerprint density at radius 3 is 1.57 bits per heavy atom. The van der Waals surface area contributed by atoms with Gasteiger partial charge in [0.05, 0.1) is 0 Å². The lowest BCUT2D eigenvalue weighted by Gasteiger charge is -2.48. The van der Waals surface area contributed by atoms with E-state index in [0.717, 1.165) is 11.8 Å². The minimum atomic E-state index is 0.672. The van der Waals surface area contributed by atoms with Crippen LogP contribution in [0, 0.1) is 11.8 Å². The molecule has 4 aliphatic carbocycles. The third-order valence-electron chi connectivity index (χ3n) is 4.07. The zero-order chi connectivity index (χ0) is 9.12. The summed E-state index contributed by atoms with van der Waals surface area (Å²) in [6.45, 7) is 0. The number of hydrogen-bond donors (Lipinski definition) is 0. The Balaban J connectivity index is 2.00. The number of rotatable bonds is 0. The minimum Gasteiger partial charge on any atom is -0.0835 e.